The van der Waals surface area contributed by atoms with Crippen LogP contribution in [0.2, 0.25) is 0 Å². The third-order valence-corrected chi connectivity index (χ3v) is 6.31. The van der Waals surface area contributed by atoms with Crippen LogP contribution in [0.5, 0.6) is 0 Å². The molecule has 0 atom stereocenters. The van der Waals surface area contributed by atoms with Gasteiger partial charge in [-0.3, -0.25) is 0 Å². The Morgan fingerprint density at radius 1 is 1.09 bits per heavy atom. The van der Waals surface area contributed by atoms with E-state index in [9.17, 15) is 8.42 Å². The summed E-state index contributed by atoms with van der Waals surface area (Å²) in [6.07, 6.45) is 0.587. The minimum atomic E-state index is -3.47. The molecule has 4 nitrogen and oxygen atoms in total. The molecule has 1 heterocycles. The van der Waals surface area contributed by atoms with Crippen LogP contribution in [0.25, 0.3) is 10.2 Å². The molecule has 0 aliphatic heterocycles. The number of benzene rings is 2. The van der Waals surface area contributed by atoms with Crippen LogP contribution in [0.15, 0.2) is 47.4 Å². The zero-order chi connectivity index (χ0) is 16.4. The molecule has 120 valence electrons. The zero-order valence-corrected chi connectivity index (χ0v) is 14.7. The molecule has 23 heavy (non-hydrogen) atoms. The molecule has 1 N–H and O–H groups in total. The summed E-state index contributed by atoms with van der Waals surface area (Å²) in [4.78, 5) is 4.82. The molecule has 0 fully saturated rings. The first-order chi connectivity index (χ1) is 11.0. The van der Waals surface area contributed by atoms with Gasteiger partial charge in [0, 0.05) is 13.0 Å². The summed E-state index contributed by atoms with van der Waals surface area (Å²) in [5, 5.41) is 0.939. The third kappa shape index (κ3) is 3.60. The fourth-order valence-electron chi connectivity index (χ4n) is 2.28. The topological polar surface area (TPSA) is 59.1 Å². The average Bonchev–Trinajstić information content (AvgIpc) is 2.92. The van der Waals surface area contributed by atoms with E-state index >= 15 is 0 Å². The highest BCUT2D eigenvalue weighted by molar-refractivity contribution is 7.89. The predicted octanol–water partition coefficient (Wildman–Crippen LogP) is 3.43. The van der Waals surface area contributed by atoms with Crippen molar-refractivity contribution >= 4 is 31.6 Å². The Balaban J connectivity index is 1.68. The Morgan fingerprint density at radius 2 is 1.87 bits per heavy atom. The van der Waals surface area contributed by atoms with Gasteiger partial charge in [-0.1, -0.05) is 18.2 Å². The smallest absolute Gasteiger partial charge is 0.240 e. The highest BCUT2D eigenvalue weighted by atomic mass is 32.2. The van der Waals surface area contributed by atoms with E-state index in [0.717, 1.165) is 26.4 Å². The fourth-order valence-corrected chi connectivity index (χ4v) is 4.37. The second-order valence-corrected chi connectivity index (χ2v) is 8.35. The molecule has 0 saturated carbocycles. The van der Waals surface area contributed by atoms with E-state index in [4.69, 9.17) is 0 Å². The Bertz CT molecular complexity index is 913. The summed E-state index contributed by atoms with van der Waals surface area (Å²) in [5.74, 6) is 0. The Kier molecular flexibility index (Phi) is 4.48. The Morgan fingerprint density at radius 3 is 2.61 bits per heavy atom. The van der Waals surface area contributed by atoms with E-state index in [1.807, 2.05) is 44.2 Å². The van der Waals surface area contributed by atoms with Crippen LogP contribution in [0.3, 0.4) is 0 Å². The first-order valence-electron chi connectivity index (χ1n) is 7.37. The minimum Gasteiger partial charge on any atom is -0.241 e. The minimum absolute atomic E-state index is 0.310. The van der Waals surface area contributed by atoms with Crippen molar-refractivity contribution in [3.8, 4) is 0 Å². The number of hydrogen-bond acceptors (Lipinski definition) is 4. The second-order valence-electron chi connectivity index (χ2n) is 5.47. The number of hydrogen-bond donors (Lipinski definition) is 1. The quantitative estimate of drug-likeness (QED) is 0.770. The monoisotopic (exact) mass is 346 g/mol. The van der Waals surface area contributed by atoms with Gasteiger partial charge in [0.15, 0.2) is 0 Å². The first-order valence-corrected chi connectivity index (χ1v) is 9.67. The molecule has 0 bridgehead atoms. The number of sulfonamides is 1. The highest BCUT2D eigenvalue weighted by Gasteiger charge is 2.14. The molecule has 0 aliphatic rings. The Hall–Kier alpha value is -1.76. The van der Waals surface area contributed by atoms with E-state index in [-0.39, 0.29) is 0 Å². The van der Waals surface area contributed by atoms with Crippen molar-refractivity contribution in [1.82, 2.24) is 9.71 Å². The zero-order valence-electron chi connectivity index (χ0n) is 13.0. The van der Waals surface area contributed by atoms with E-state index < -0.39 is 10.0 Å². The molecule has 0 unspecified atom stereocenters. The fraction of sp³-hybridized carbons (Fsp3) is 0.235. The number of nitrogens with one attached hydrogen (secondary N) is 1. The van der Waals surface area contributed by atoms with E-state index in [0.29, 0.717) is 17.9 Å². The highest BCUT2D eigenvalue weighted by Crippen LogP contribution is 2.21. The first kappa shape index (κ1) is 16.1. The maximum absolute atomic E-state index is 12.3. The molecule has 0 saturated heterocycles. The lowest BCUT2D eigenvalue weighted by atomic mass is 10.1. The summed E-state index contributed by atoms with van der Waals surface area (Å²) < 4.78 is 28.4. The molecule has 2 aromatic carbocycles. The lowest BCUT2D eigenvalue weighted by Gasteiger charge is -2.08. The summed E-state index contributed by atoms with van der Waals surface area (Å²) >= 11 is 1.60. The number of rotatable bonds is 5. The van der Waals surface area contributed by atoms with E-state index in [2.05, 4.69) is 9.71 Å². The van der Waals surface area contributed by atoms with Crippen LogP contribution >= 0.6 is 11.3 Å². The van der Waals surface area contributed by atoms with Crippen molar-refractivity contribution < 1.29 is 8.42 Å². The number of para-hydroxylation sites is 1. The van der Waals surface area contributed by atoms with Crippen molar-refractivity contribution in [2.75, 3.05) is 6.54 Å². The van der Waals surface area contributed by atoms with Crippen LogP contribution < -0.4 is 4.72 Å². The second kappa shape index (κ2) is 6.39. The number of thiazole rings is 1. The van der Waals surface area contributed by atoms with E-state index in [1.54, 1.807) is 23.5 Å². The van der Waals surface area contributed by atoms with Crippen LogP contribution in [0, 0.1) is 13.8 Å². The van der Waals surface area contributed by atoms with E-state index in [1.165, 1.54) is 0 Å². The molecule has 0 amide bonds. The number of aromatic nitrogens is 1. The van der Waals surface area contributed by atoms with Gasteiger partial charge in [0.25, 0.3) is 0 Å². The van der Waals surface area contributed by atoms with Crippen molar-refractivity contribution in [1.29, 1.82) is 0 Å². The van der Waals surface area contributed by atoms with Crippen LogP contribution in [0.4, 0.5) is 0 Å². The largest absolute Gasteiger partial charge is 0.241 e. The van der Waals surface area contributed by atoms with Gasteiger partial charge in [-0.25, -0.2) is 18.1 Å². The lowest BCUT2D eigenvalue weighted by Crippen LogP contribution is -2.26. The van der Waals surface area contributed by atoms with Gasteiger partial charge in [-0.2, -0.15) is 0 Å². The van der Waals surface area contributed by atoms with Crippen LogP contribution in [0.1, 0.15) is 16.1 Å². The van der Waals surface area contributed by atoms with Gasteiger partial charge >= 0.3 is 0 Å². The van der Waals surface area contributed by atoms with Crippen molar-refractivity contribution in [2.24, 2.45) is 0 Å². The number of aryl methyl sites for hydroxylation is 2. The summed E-state index contributed by atoms with van der Waals surface area (Å²) in [7, 11) is -3.47. The molecule has 3 rings (SSSR count). The Labute approximate surface area is 140 Å². The van der Waals surface area contributed by atoms with Crippen LogP contribution in [-0.2, 0) is 16.4 Å². The van der Waals surface area contributed by atoms with Crippen molar-refractivity contribution in [3.05, 3.63) is 58.6 Å². The van der Waals surface area contributed by atoms with Gasteiger partial charge in [0.1, 0.15) is 0 Å². The van der Waals surface area contributed by atoms with Gasteiger partial charge in [0.2, 0.25) is 10.0 Å². The molecular formula is C17H18N2O2S2. The normalized spacial score (nSPS) is 11.9. The standard InChI is InChI=1S/C17H18N2O2S2/c1-12-7-8-14(11-13(12)2)23(20,21)18-10-9-17-19-15-5-3-4-6-16(15)22-17/h3-8,11,18H,9-10H2,1-2H3. The maximum atomic E-state index is 12.3. The van der Waals surface area contributed by atoms with Crippen molar-refractivity contribution in [3.63, 3.8) is 0 Å². The molecular weight excluding hydrogens is 328 g/mol. The summed E-state index contributed by atoms with van der Waals surface area (Å²) in [6, 6.07) is 13.1. The predicted molar refractivity (Wildman–Crippen MR) is 94.4 cm³/mol. The van der Waals surface area contributed by atoms with Gasteiger partial charge < -0.3 is 0 Å². The molecule has 0 spiro atoms. The van der Waals surface area contributed by atoms with Gasteiger partial charge in [-0.05, 0) is 49.2 Å². The third-order valence-electron chi connectivity index (χ3n) is 3.76. The van der Waals surface area contributed by atoms with Crippen LogP contribution in [-0.4, -0.2) is 19.9 Å². The summed E-state index contributed by atoms with van der Waals surface area (Å²) in [5.41, 5.74) is 3.02. The lowest BCUT2D eigenvalue weighted by molar-refractivity contribution is 0.581. The molecule has 1 aromatic heterocycles. The number of nitrogens with zero attached hydrogens (tertiary/aromatic N) is 1. The molecule has 0 aliphatic carbocycles. The maximum Gasteiger partial charge on any atom is 0.240 e. The molecule has 6 heteroatoms. The number of fused-ring (bicyclic) bond motifs is 1. The van der Waals surface area contributed by atoms with Gasteiger partial charge in [0.05, 0.1) is 20.1 Å². The van der Waals surface area contributed by atoms with Crippen molar-refractivity contribution in [2.45, 2.75) is 25.2 Å². The average molecular weight is 346 g/mol. The molecule has 0 radical (unpaired) electrons. The van der Waals surface area contributed by atoms with Gasteiger partial charge in [-0.15, -0.1) is 11.3 Å². The summed E-state index contributed by atoms with van der Waals surface area (Å²) in [6.45, 7) is 4.22. The SMILES string of the molecule is Cc1ccc(S(=O)(=O)NCCc2nc3ccccc3s2)cc1C. The molecule has 3 aromatic rings.